The molecule has 10 heavy (non-hydrogen) atoms. The number of allylic oxidation sites excluding steroid dienone is 1. The second-order valence-corrected chi connectivity index (χ2v) is 2.24. The van der Waals surface area contributed by atoms with Crippen molar-refractivity contribution in [3.63, 3.8) is 0 Å². The molecule has 0 amide bonds. The maximum Gasteiger partial charge on any atom is 0.307 e. The summed E-state index contributed by atoms with van der Waals surface area (Å²) >= 11 is 0. The van der Waals surface area contributed by atoms with Gasteiger partial charge in [-0.25, -0.2) is 0 Å². The lowest BCUT2D eigenvalue weighted by Gasteiger charge is -2.02. The van der Waals surface area contributed by atoms with Crippen molar-refractivity contribution in [1.29, 1.82) is 0 Å². The van der Waals surface area contributed by atoms with Gasteiger partial charge in [0.15, 0.2) is 0 Å². The van der Waals surface area contributed by atoms with Crippen LogP contribution in [0.25, 0.3) is 0 Å². The van der Waals surface area contributed by atoms with Crippen LogP contribution >= 0.6 is 0 Å². The van der Waals surface area contributed by atoms with E-state index in [4.69, 9.17) is 4.74 Å². The lowest BCUT2D eigenvalue weighted by Crippen LogP contribution is -1.97. The van der Waals surface area contributed by atoms with Crippen molar-refractivity contribution in [2.24, 2.45) is 0 Å². The Morgan fingerprint density at radius 2 is 2.20 bits per heavy atom. The minimum atomic E-state index is -0.277. The van der Waals surface area contributed by atoms with E-state index in [1.165, 1.54) is 6.92 Å². The number of carbonyl (C=O) groups excluding carboxylic acids is 1. The van der Waals surface area contributed by atoms with Gasteiger partial charge in [-0.3, -0.25) is 4.79 Å². The van der Waals surface area contributed by atoms with Crippen molar-refractivity contribution in [2.45, 2.75) is 33.1 Å². The van der Waals surface area contributed by atoms with Gasteiger partial charge in [0.25, 0.3) is 0 Å². The standard InChI is InChI=1S/C8H14O2/c1-4-5-6-7(2)10-8(3)9/h2,4-6H2,1,3H3. The number of hydrogen-bond acceptors (Lipinski definition) is 2. The van der Waals surface area contributed by atoms with Crippen molar-refractivity contribution >= 4 is 5.97 Å². The van der Waals surface area contributed by atoms with Crippen LogP contribution in [0.15, 0.2) is 12.3 Å². The van der Waals surface area contributed by atoms with E-state index in [0.717, 1.165) is 19.3 Å². The third-order valence-corrected chi connectivity index (χ3v) is 1.10. The highest BCUT2D eigenvalue weighted by Gasteiger charge is 1.96. The van der Waals surface area contributed by atoms with Crippen LogP contribution in [0.5, 0.6) is 0 Å². The van der Waals surface area contributed by atoms with E-state index in [0.29, 0.717) is 5.76 Å². The summed E-state index contributed by atoms with van der Waals surface area (Å²) in [6, 6.07) is 0. The Balaban J connectivity index is 3.35. The Morgan fingerprint density at radius 3 is 2.60 bits per heavy atom. The summed E-state index contributed by atoms with van der Waals surface area (Å²) in [6.45, 7) is 7.06. The molecular formula is C8H14O2. The zero-order valence-corrected chi connectivity index (χ0v) is 6.64. The van der Waals surface area contributed by atoms with E-state index in [9.17, 15) is 4.79 Å². The van der Waals surface area contributed by atoms with Crippen LogP contribution < -0.4 is 0 Å². The summed E-state index contributed by atoms with van der Waals surface area (Å²) in [5.41, 5.74) is 0. The summed E-state index contributed by atoms with van der Waals surface area (Å²) in [7, 11) is 0. The molecule has 2 nitrogen and oxygen atoms in total. The van der Waals surface area contributed by atoms with Crippen LogP contribution in [-0.2, 0) is 9.53 Å². The SMILES string of the molecule is C=C(CCCC)OC(C)=O. The molecule has 0 N–H and O–H groups in total. The molecule has 0 fully saturated rings. The molecule has 58 valence electrons. The van der Waals surface area contributed by atoms with Gasteiger partial charge in [0.05, 0.1) is 0 Å². The van der Waals surface area contributed by atoms with Crippen molar-refractivity contribution in [3.8, 4) is 0 Å². The normalized spacial score (nSPS) is 9.00. The van der Waals surface area contributed by atoms with Gasteiger partial charge >= 0.3 is 5.97 Å². The van der Waals surface area contributed by atoms with Gasteiger partial charge in [-0.05, 0) is 6.42 Å². The average molecular weight is 142 g/mol. The van der Waals surface area contributed by atoms with Gasteiger partial charge in [0.2, 0.25) is 0 Å². The summed E-state index contributed by atoms with van der Waals surface area (Å²) in [6.07, 6.45) is 2.92. The molecule has 0 rings (SSSR count). The molecule has 0 spiro atoms. The molecule has 0 saturated carbocycles. The van der Waals surface area contributed by atoms with Crippen molar-refractivity contribution in [3.05, 3.63) is 12.3 Å². The fourth-order valence-corrected chi connectivity index (χ4v) is 0.628. The number of esters is 1. The zero-order chi connectivity index (χ0) is 7.98. The Hall–Kier alpha value is -0.790. The van der Waals surface area contributed by atoms with Gasteiger partial charge in [-0.1, -0.05) is 19.9 Å². The smallest absolute Gasteiger partial charge is 0.307 e. The quantitative estimate of drug-likeness (QED) is 0.444. The number of rotatable bonds is 4. The molecule has 0 aromatic heterocycles. The molecule has 0 bridgehead atoms. The predicted molar refractivity (Wildman–Crippen MR) is 40.4 cm³/mol. The van der Waals surface area contributed by atoms with E-state index >= 15 is 0 Å². The van der Waals surface area contributed by atoms with Crippen LogP contribution in [0.1, 0.15) is 33.1 Å². The molecule has 0 radical (unpaired) electrons. The molecule has 0 aromatic carbocycles. The Kier molecular flexibility index (Phi) is 4.63. The number of unbranched alkanes of at least 4 members (excludes halogenated alkanes) is 1. The lowest BCUT2D eigenvalue weighted by molar-refractivity contribution is -0.137. The molecule has 2 heteroatoms. The minimum absolute atomic E-state index is 0.277. The Morgan fingerprint density at radius 1 is 1.60 bits per heavy atom. The highest BCUT2D eigenvalue weighted by molar-refractivity contribution is 5.67. The number of hydrogen-bond donors (Lipinski definition) is 0. The highest BCUT2D eigenvalue weighted by Crippen LogP contribution is 2.05. The van der Waals surface area contributed by atoms with Crippen LogP contribution in [0, 0.1) is 0 Å². The maximum atomic E-state index is 10.3. The van der Waals surface area contributed by atoms with E-state index in [1.54, 1.807) is 0 Å². The first kappa shape index (κ1) is 9.21. The molecule has 0 atom stereocenters. The predicted octanol–water partition coefficient (Wildman–Crippen LogP) is 2.25. The zero-order valence-electron chi connectivity index (χ0n) is 6.64. The average Bonchev–Trinajstić information content (AvgIpc) is 1.82. The first-order chi connectivity index (χ1) is 4.66. The van der Waals surface area contributed by atoms with Gasteiger partial charge in [0, 0.05) is 13.3 Å². The van der Waals surface area contributed by atoms with E-state index < -0.39 is 0 Å². The molecule has 0 aliphatic carbocycles. The second-order valence-electron chi connectivity index (χ2n) is 2.24. The Bertz CT molecular complexity index is 127. The topological polar surface area (TPSA) is 26.3 Å². The third kappa shape index (κ3) is 5.35. The van der Waals surface area contributed by atoms with Gasteiger partial charge in [-0.2, -0.15) is 0 Å². The number of ether oxygens (including phenoxy) is 1. The molecular weight excluding hydrogens is 128 g/mol. The fourth-order valence-electron chi connectivity index (χ4n) is 0.628. The maximum absolute atomic E-state index is 10.3. The molecule has 0 unspecified atom stereocenters. The molecule has 0 heterocycles. The molecule has 0 aromatic rings. The van der Waals surface area contributed by atoms with Gasteiger partial charge < -0.3 is 4.74 Å². The highest BCUT2D eigenvalue weighted by atomic mass is 16.5. The Labute approximate surface area is 61.9 Å². The second kappa shape index (κ2) is 5.03. The first-order valence-electron chi connectivity index (χ1n) is 3.53. The fraction of sp³-hybridized carbons (Fsp3) is 0.625. The van der Waals surface area contributed by atoms with Crippen molar-refractivity contribution in [2.75, 3.05) is 0 Å². The molecule has 0 aliphatic rings. The third-order valence-electron chi connectivity index (χ3n) is 1.10. The summed E-state index contributed by atoms with van der Waals surface area (Å²) in [4.78, 5) is 10.3. The molecule has 0 saturated heterocycles. The van der Waals surface area contributed by atoms with Crippen LogP contribution in [0.2, 0.25) is 0 Å². The molecule has 0 aliphatic heterocycles. The lowest BCUT2D eigenvalue weighted by atomic mass is 10.2. The minimum Gasteiger partial charge on any atom is -0.432 e. The summed E-state index contributed by atoms with van der Waals surface area (Å²) in [5, 5.41) is 0. The number of carbonyl (C=O) groups is 1. The van der Waals surface area contributed by atoms with Gasteiger partial charge in [-0.15, -0.1) is 0 Å². The van der Waals surface area contributed by atoms with E-state index in [1.807, 2.05) is 0 Å². The van der Waals surface area contributed by atoms with Crippen LogP contribution in [-0.4, -0.2) is 5.97 Å². The largest absolute Gasteiger partial charge is 0.432 e. The van der Waals surface area contributed by atoms with Gasteiger partial charge in [0.1, 0.15) is 5.76 Å². The van der Waals surface area contributed by atoms with Crippen LogP contribution in [0.4, 0.5) is 0 Å². The van der Waals surface area contributed by atoms with Crippen LogP contribution in [0.3, 0.4) is 0 Å². The van der Waals surface area contributed by atoms with Crippen molar-refractivity contribution < 1.29 is 9.53 Å². The first-order valence-corrected chi connectivity index (χ1v) is 3.53. The summed E-state index contributed by atoms with van der Waals surface area (Å²) < 4.78 is 4.72. The van der Waals surface area contributed by atoms with E-state index in [-0.39, 0.29) is 5.97 Å². The van der Waals surface area contributed by atoms with Crippen molar-refractivity contribution in [1.82, 2.24) is 0 Å². The summed E-state index contributed by atoms with van der Waals surface area (Å²) in [5.74, 6) is 0.301. The van der Waals surface area contributed by atoms with E-state index in [2.05, 4.69) is 13.5 Å². The monoisotopic (exact) mass is 142 g/mol.